The van der Waals surface area contributed by atoms with E-state index in [2.05, 4.69) is 42.5 Å². The van der Waals surface area contributed by atoms with Gasteiger partial charge in [0.25, 0.3) is 0 Å². The summed E-state index contributed by atoms with van der Waals surface area (Å²) in [6.07, 6.45) is 0. The zero-order chi connectivity index (χ0) is 11.0. The number of carbonyl (C=O) groups excluding carboxylic acids is 1. The third-order valence-corrected chi connectivity index (χ3v) is 3.27. The van der Waals surface area contributed by atoms with Crippen molar-refractivity contribution in [2.24, 2.45) is 0 Å². The fourth-order valence-corrected chi connectivity index (χ4v) is 2.75. The Hall–Kier alpha value is -0.750. The zero-order valence-corrected chi connectivity index (χ0v) is 10.7. The van der Waals surface area contributed by atoms with E-state index in [0.717, 1.165) is 4.47 Å². The summed E-state index contributed by atoms with van der Waals surface area (Å²) in [5.74, 6) is 0.159. The van der Waals surface area contributed by atoms with Gasteiger partial charge >= 0.3 is 6.03 Å². The molecular formula is C9H8Br2N2O2. The van der Waals surface area contributed by atoms with Crippen molar-refractivity contribution in [3.63, 3.8) is 0 Å². The molecule has 1 saturated heterocycles. The fourth-order valence-electron chi connectivity index (χ4n) is 1.49. The molecular weight excluding hydrogens is 328 g/mol. The number of amides is 2. The molecule has 0 spiro atoms. The first kappa shape index (κ1) is 10.8. The minimum atomic E-state index is -0.213. The second kappa shape index (κ2) is 4.02. The van der Waals surface area contributed by atoms with Crippen LogP contribution in [0.25, 0.3) is 0 Å². The van der Waals surface area contributed by atoms with Gasteiger partial charge in [0.15, 0.2) is 0 Å². The smallest absolute Gasteiger partial charge is 0.315 e. The normalized spacial score (nSPS) is 19.9. The van der Waals surface area contributed by atoms with Gasteiger partial charge in [0.05, 0.1) is 10.5 Å². The molecule has 1 aliphatic heterocycles. The van der Waals surface area contributed by atoms with Gasteiger partial charge in [-0.25, -0.2) is 4.79 Å². The highest BCUT2D eigenvalue weighted by Gasteiger charge is 2.25. The molecule has 1 aromatic rings. The maximum absolute atomic E-state index is 11.0. The lowest BCUT2D eigenvalue weighted by molar-refractivity contribution is 0.247. The van der Waals surface area contributed by atoms with Crippen molar-refractivity contribution in [1.29, 1.82) is 0 Å². The summed E-state index contributed by atoms with van der Waals surface area (Å²) in [5, 5.41) is 15.2. The van der Waals surface area contributed by atoms with Crippen molar-refractivity contribution in [1.82, 2.24) is 10.6 Å². The maximum atomic E-state index is 11.0. The van der Waals surface area contributed by atoms with Crippen LogP contribution < -0.4 is 10.6 Å². The molecule has 0 radical (unpaired) electrons. The summed E-state index contributed by atoms with van der Waals surface area (Å²) in [4.78, 5) is 11.0. The summed E-state index contributed by atoms with van der Waals surface area (Å²) in [6, 6.07) is 3.14. The van der Waals surface area contributed by atoms with E-state index >= 15 is 0 Å². The highest BCUT2D eigenvalue weighted by atomic mass is 79.9. The Balaban J connectivity index is 2.39. The molecule has 80 valence electrons. The third-order valence-electron chi connectivity index (χ3n) is 2.21. The number of halogens is 2. The van der Waals surface area contributed by atoms with E-state index in [-0.39, 0.29) is 17.8 Å². The highest BCUT2D eigenvalue weighted by molar-refractivity contribution is 9.11. The molecule has 15 heavy (non-hydrogen) atoms. The van der Waals surface area contributed by atoms with Crippen LogP contribution in [-0.4, -0.2) is 17.7 Å². The standard InChI is InChI=1S/C9H8Br2N2O2/c10-4-1-5(8(14)6(11)2-4)7-3-12-9(15)13-7/h1-2,7,14H,3H2,(H2,12,13,15)/t7-/m0/s1. The van der Waals surface area contributed by atoms with Gasteiger partial charge in [0.1, 0.15) is 5.75 Å². The van der Waals surface area contributed by atoms with Crippen LogP contribution in [-0.2, 0) is 0 Å². The van der Waals surface area contributed by atoms with Gasteiger partial charge < -0.3 is 15.7 Å². The van der Waals surface area contributed by atoms with Crippen molar-refractivity contribution in [3.8, 4) is 5.75 Å². The van der Waals surface area contributed by atoms with E-state index in [1.54, 1.807) is 12.1 Å². The molecule has 1 aliphatic rings. The molecule has 1 atom stereocenters. The van der Waals surface area contributed by atoms with Crippen LogP contribution in [0.4, 0.5) is 4.79 Å². The third kappa shape index (κ3) is 2.10. The van der Waals surface area contributed by atoms with Gasteiger partial charge in [-0.15, -0.1) is 0 Å². The van der Waals surface area contributed by atoms with Gasteiger partial charge in [-0.2, -0.15) is 0 Å². The minimum absolute atomic E-state index is 0.159. The average Bonchev–Trinajstić information content (AvgIpc) is 2.58. The van der Waals surface area contributed by atoms with Crippen molar-refractivity contribution in [3.05, 3.63) is 26.6 Å². The Labute approximate surface area is 103 Å². The van der Waals surface area contributed by atoms with Crippen molar-refractivity contribution < 1.29 is 9.90 Å². The molecule has 2 amide bonds. The molecule has 0 saturated carbocycles. The Morgan fingerprint density at radius 1 is 1.40 bits per heavy atom. The van der Waals surface area contributed by atoms with Gasteiger partial charge in [0, 0.05) is 16.6 Å². The number of aromatic hydroxyl groups is 1. The lowest BCUT2D eigenvalue weighted by Gasteiger charge is -2.12. The van der Waals surface area contributed by atoms with E-state index in [9.17, 15) is 9.90 Å². The number of benzene rings is 1. The van der Waals surface area contributed by atoms with E-state index in [1.807, 2.05) is 0 Å². The number of hydrogen-bond acceptors (Lipinski definition) is 2. The Morgan fingerprint density at radius 2 is 2.13 bits per heavy atom. The summed E-state index contributed by atoms with van der Waals surface area (Å²) >= 11 is 6.58. The first-order valence-electron chi connectivity index (χ1n) is 4.30. The quantitative estimate of drug-likeness (QED) is 0.737. The van der Waals surface area contributed by atoms with Crippen LogP contribution in [0.1, 0.15) is 11.6 Å². The lowest BCUT2D eigenvalue weighted by Crippen LogP contribution is -2.21. The minimum Gasteiger partial charge on any atom is -0.506 e. The summed E-state index contributed by atoms with van der Waals surface area (Å²) in [7, 11) is 0. The van der Waals surface area contributed by atoms with Crippen LogP contribution in [0.2, 0.25) is 0 Å². The number of carbonyl (C=O) groups is 1. The van der Waals surface area contributed by atoms with E-state index in [0.29, 0.717) is 16.6 Å². The fraction of sp³-hybridized carbons (Fsp3) is 0.222. The first-order valence-corrected chi connectivity index (χ1v) is 5.89. The Bertz CT molecular complexity index is 423. The zero-order valence-electron chi connectivity index (χ0n) is 7.55. The molecule has 6 heteroatoms. The van der Waals surface area contributed by atoms with Crippen molar-refractivity contribution >= 4 is 37.9 Å². The number of hydrogen-bond donors (Lipinski definition) is 3. The van der Waals surface area contributed by atoms with Crippen LogP contribution in [0.3, 0.4) is 0 Å². The molecule has 1 aromatic carbocycles. The molecule has 1 heterocycles. The van der Waals surface area contributed by atoms with Gasteiger partial charge in [-0.05, 0) is 28.1 Å². The van der Waals surface area contributed by atoms with E-state index in [4.69, 9.17) is 0 Å². The number of rotatable bonds is 1. The topological polar surface area (TPSA) is 61.4 Å². The summed E-state index contributed by atoms with van der Waals surface area (Å²) < 4.78 is 1.45. The summed E-state index contributed by atoms with van der Waals surface area (Å²) in [6.45, 7) is 0.481. The monoisotopic (exact) mass is 334 g/mol. The predicted octanol–water partition coefficient (Wildman–Crippen LogP) is 2.27. The lowest BCUT2D eigenvalue weighted by atomic mass is 10.1. The number of phenolic OH excluding ortho intramolecular Hbond substituents is 1. The SMILES string of the molecule is O=C1NC[C@@H](c2cc(Br)cc(Br)c2O)N1. The molecule has 0 aliphatic carbocycles. The van der Waals surface area contributed by atoms with E-state index < -0.39 is 0 Å². The van der Waals surface area contributed by atoms with Crippen LogP contribution in [0.15, 0.2) is 21.1 Å². The van der Waals surface area contributed by atoms with E-state index in [1.165, 1.54) is 0 Å². The molecule has 0 unspecified atom stereocenters. The van der Waals surface area contributed by atoms with Crippen LogP contribution >= 0.6 is 31.9 Å². The molecule has 4 nitrogen and oxygen atoms in total. The largest absolute Gasteiger partial charge is 0.506 e. The average molecular weight is 336 g/mol. The van der Waals surface area contributed by atoms with Gasteiger partial charge in [0.2, 0.25) is 0 Å². The van der Waals surface area contributed by atoms with Gasteiger partial charge in [-0.3, -0.25) is 0 Å². The predicted molar refractivity (Wildman–Crippen MR) is 62.8 cm³/mol. The van der Waals surface area contributed by atoms with Crippen LogP contribution in [0, 0.1) is 0 Å². The molecule has 0 bridgehead atoms. The van der Waals surface area contributed by atoms with Crippen molar-refractivity contribution in [2.45, 2.75) is 6.04 Å². The Kier molecular flexibility index (Phi) is 2.88. The highest BCUT2D eigenvalue weighted by Crippen LogP contribution is 2.35. The van der Waals surface area contributed by atoms with Gasteiger partial charge in [-0.1, -0.05) is 15.9 Å². The number of nitrogens with one attached hydrogen (secondary N) is 2. The first-order chi connectivity index (χ1) is 7.08. The molecule has 3 N–H and O–H groups in total. The Morgan fingerprint density at radius 3 is 2.73 bits per heavy atom. The maximum Gasteiger partial charge on any atom is 0.315 e. The second-order valence-electron chi connectivity index (χ2n) is 3.23. The van der Waals surface area contributed by atoms with Crippen molar-refractivity contribution in [2.75, 3.05) is 6.54 Å². The molecule has 0 aromatic heterocycles. The number of urea groups is 1. The summed E-state index contributed by atoms with van der Waals surface area (Å²) in [5.41, 5.74) is 0.689. The second-order valence-corrected chi connectivity index (χ2v) is 5.00. The number of phenols is 1. The van der Waals surface area contributed by atoms with Crippen LogP contribution in [0.5, 0.6) is 5.75 Å². The molecule has 1 fully saturated rings. The molecule has 2 rings (SSSR count).